The highest BCUT2D eigenvalue weighted by molar-refractivity contribution is 7.22. The first-order chi connectivity index (χ1) is 13.6. The maximum Gasteiger partial charge on any atom is 0.240 e. The minimum atomic E-state index is -0.160. The Morgan fingerprint density at radius 3 is 3.11 bits per heavy atom. The van der Waals surface area contributed by atoms with Crippen LogP contribution >= 0.6 is 11.3 Å². The van der Waals surface area contributed by atoms with E-state index in [4.69, 9.17) is 14.2 Å². The molecule has 4 rings (SSSR count). The van der Waals surface area contributed by atoms with Crippen molar-refractivity contribution in [1.29, 1.82) is 0 Å². The number of hydrogen-bond donors (Lipinski definition) is 1. The lowest BCUT2D eigenvalue weighted by atomic mass is 9.86. The number of anilines is 1. The zero-order valence-corrected chi connectivity index (χ0v) is 17.2. The van der Waals surface area contributed by atoms with Crippen molar-refractivity contribution in [2.24, 2.45) is 0 Å². The van der Waals surface area contributed by atoms with Gasteiger partial charge >= 0.3 is 0 Å². The van der Waals surface area contributed by atoms with Gasteiger partial charge in [0, 0.05) is 26.8 Å². The third kappa shape index (κ3) is 4.00. The Labute approximate surface area is 169 Å². The maximum atomic E-state index is 12.6. The number of benzene rings is 1. The molecule has 2 aliphatic rings. The number of hydrogen-bond acceptors (Lipinski definition) is 7. The van der Waals surface area contributed by atoms with Crippen LogP contribution in [-0.2, 0) is 14.3 Å². The molecule has 2 aromatic rings. The molecule has 0 unspecified atom stereocenters. The monoisotopic (exact) mass is 405 g/mol. The predicted molar refractivity (Wildman–Crippen MR) is 109 cm³/mol. The normalized spacial score (nSPS) is 25.4. The molecule has 152 valence electrons. The average Bonchev–Trinajstić information content (AvgIpc) is 3.30. The number of amides is 1. The van der Waals surface area contributed by atoms with Gasteiger partial charge < -0.3 is 19.5 Å². The molecule has 3 heterocycles. The number of nitrogens with zero attached hydrogens (tertiary/aromatic N) is 2. The summed E-state index contributed by atoms with van der Waals surface area (Å²) >= 11 is 1.46. The van der Waals surface area contributed by atoms with Crippen LogP contribution in [0.5, 0.6) is 5.75 Å². The number of thiazole rings is 1. The molecule has 1 amide bonds. The van der Waals surface area contributed by atoms with Gasteiger partial charge in [-0.25, -0.2) is 4.98 Å². The van der Waals surface area contributed by atoms with Gasteiger partial charge in [0.1, 0.15) is 5.75 Å². The van der Waals surface area contributed by atoms with Crippen molar-refractivity contribution in [3.05, 3.63) is 18.2 Å². The molecule has 0 radical (unpaired) electrons. The number of fused-ring (bicyclic) bond motifs is 1. The summed E-state index contributed by atoms with van der Waals surface area (Å²) in [5.41, 5.74) is 0.703. The van der Waals surface area contributed by atoms with Crippen LogP contribution in [-0.4, -0.2) is 67.5 Å². The standard InChI is InChI=1S/C20H27N3O4S/c1-3-26-14-5-6-15-16(11-14)28-19(21-15)22-18(24)13-23-9-8-20(7-4-10-27-20)17(12-23)25-2/h5-6,11,17H,3-4,7-10,12-13H2,1-2H3,(H,21,22,24)/t17-,20+/m0/s1. The van der Waals surface area contributed by atoms with E-state index in [2.05, 4.69) is 15.2 Å². The first-order valence-corrected chi connectivity index (χ1v) is 10.7. The predicted octanol–water partition coefficient (Wildman–Crippen LogP) is 2.90. The van der Waals surface area contributed by atoms with Gasteiger partial charge in [-0.3, -0.25) is 9.69 Å². The Hall–Kier alpha value is -1.74. The molecule has 1 aromatic heterocycles. The molecule has 0 saturated carbocycles. The smallest absolute Gasteiger partial charge is 0.240 e. The van der Waals surface area contributed by atoms with Crippen molar-refractivity contribution in [3.8, 4) is 5.75 Å². The molecule has 8 heteroatoms. The molecule has 2 aliphatic heterocycles. The van der Waals surface area contributed by atoms with Crippen LogP contribution in [0.25, 0.3) is 10.2 Å². The molecule has 1 N–H and O–H groups in total. The van der Waals surface area contributed by atoms with E-state index < -0.39 is 0 Å². The van der Waals surface area contributed by atoms with Gasteiger partial charge in [-0.1, -0.05) is 11.3 Å². The van der Waals surface area contributed by atoms with Crippen LogP contribution in [0.2, 0.25) is 0 Å². The van der Waals surface area contributed by atoms with Gasteiger partial charge in [-0.05, 0) is 44.4 Å². The van der Waals surface area contributed by atoms with Gasteiger partial charge in [0.2, 0.25) is 5.91 Å². The summed E-state index contributed by atoms with van der Waals surface area (Å²) in [6.07, 6.45) is 3.04. The Bertz CT molecular complexity index is 834. The third-order valence-corrected chi connectivity index (χ3v) is 6.50. The van der Waals surface area contributed by atoms with Crippen LogP contribution in [0, 0.1) is 0 Å². The number of ether oxygens (including phenoxy) is 3. The second kappa shape index (κ2) is 8.32. The summed E-state index contributed by atoms with van der Waals surface area (Å²) in [5, 5.41) is 3.55. The largest absolute Gasteiger partial charge is 0.494 e. The molecule has 1 aromatic carbocycles. The average molecular weight is 406 g/mol. The van der Waals surface area contributed by atoms with Gasteiger partial charge in [0.05, 0.1) is 35.1 Å². The molecule has 2 saturated heterocycles. The maximum absolute atomic E-state index is 12.6. The van der Waals surface area contributed by atoms with E-state index in [-0.39, 0.29) is 17.6 Å². The third-order valence-electron chi connectivity index (χ3n) is 5.56. The number of nitrogens with one attached hydrogen (secondary N) is 1. The number of likely N-dealkylation sites (tertiary alicyclic amines) is 1. The molecule has 2 atom stereocenters. The van der Waals surface area contributed by atoms with E-state index in [0.29, 0.717) is 24.8 Å². The highest BCUT2D eigenvalue weighted by Gasteiger charge is 2.46. The van der Waals surface area contributed by atoms with Crippen molar-refractivity contribution in [2.75, 3.05) is 45.3 Å². The number of rotatable bonds is 6. The van der Waals surface area contributed by atoms with Gasteiger partial charge in [-0.15, -0.1) is 0 Å². The SMILES string of the molecule is CCOc1ccc2nc(NC(=O)CN3CC[C@]4(CCCO4)[C@@H](OC)C3)sc2c1. The topological polar surface area (TPSA) is 72.9 Å². The molecule has 28 heavy (non-hydrogen) atoms. The van der Waals surface area contributed by atoms with Crippen molar-refractivity contribution in [2.45, 2.75) is 37.9 Å². The summed E-state index contributed by atoms with van der Waals surface area (Å²) in [6.45, 7) is 5.27. The molecule has 0 aliphatic carbocycles. The quantitative estimate of drug-likeness (QED) is 0.797. The van der Waals surface area contributed by atoms with Crippen LogP contribution < -0.4 is 10.1 Å². The lowest BCUT2D eigenvalue weighted by Gasteiger charge is -2.44. The second-order valence-corrected chi connectivity index (χ2v) is 8.39. The zero-order chi connectivity index (χ0) is 19.6. The van der Waals surface area contributed by atoms with E-state index in [1.807, 2.05) is 25.1 Å². The molecule has 0 bridgehead atoms. The molecule has 1 spiro atoms. The summed E-state index contributed by atoms with van der Waals surface area (Å²) in [6, 6.07) is 5.78. The first kappa shape index (κ1) is 19.6. The summed E-state index contributed by atoms with van der Waals surface area (Å²) in [5.74, 6) is 0.765. The number of carbonyl (C=O) groups excluding carboxylic acids is 1. The molecular weight excluding hydrogens is 378 g/mol. The number of piperidine rings is 1. The molecule has 7 nitrogen and oxygen atoms in total. The zero-order valence-electron chi connectivity index (χ0n) is 16.4. The van der Waals surface area contributed by atoms with E-state index in [1.165, 1.54) is 11.3 Å². The minimum Gasteiger partial charge on any atom is -0.494 e. The summed E-state index contributed by atoms with van der Waals surface area (Å²) in [4.78, 5) is 19.2. The highest BCUT2D eigenvalue weighted by atomic mass is 32.1. The van der Waals surface area contributed by atoms with Crippen LogP contribution in [0.15, 0.2) is 18.2 Å². The van der Waals surface area contributed by atoms with E-state index in [1.54, 1.807) is 7.11 Å². The number of methoxy groups -OCH3 is 1. The van der Waals surface area contributed by atoms with Crippen molar-refractivity contribution < 1.29 is 19.0 Å². The Balaban J connectivity index is 1.36. The van der Waals surface area contributed by atoms with E-state index in [9.17, 15) is 4.79 Å². The van der Waals surface area contributed by atoms with Crippen LogP contribution in [0.1, 0.15) is 26.2 Å². The van der Waals surface area contributed by atoms with Crippen molar-refractivity contribution >= 4 is 32.6 Å². The summed E-state index contributed by atoms with van der Waals surface area (Å²) in [7, 11) is 1.73. The fourth-order valence-electron chi connectivity index (χ4n) is 4.18. The van der Waals surface area contributed by atoms with Crippen molar-refractivity contribution in [3.63, 3.8) is 0 Å². The fourth-order valence-corrected chi connectivity index (χ4v) is 5.09. The Morgan fingerprint density at radius 1 is 1.46 bits per heavy atom. The van der Waals surface area contributed by atoms with E-state index in [0.717, 1.165) is 48.4 Å². The fraction of sp³-hybridized carbons (Fsp3) is 0.600. The minimum absolute atomic E-state index is 0.0102. The lowest BCUT2D eigenvalue weighted by molar-refractivity contribution is -0.145. The first-order valence-electron chi connectivity index (χ1n) is 9.84. The number of aromatic nitrogens is 1. The van der Waals surface area contributed by atoms with Gasteiger partial charge in [0.25, 0.3) is 0 Å². The Kier molecular flexibility index (Phi) is 5.82. The van der Waals surface area contributed by atoms with Crippen LogP contribution in [0.4, 0.5) is 5.13 Å². The lowest BCUT2D eigenvalue weighted by Crippen LogP contribution is -2.57. The second-order valence-electron chi connectivity index (χ2n) is 7.36. The highest BCUT2D eigenvalue weighted by Crippen LogP contribution is 2.37. The summed E-state index contributed by atoms with van der Waals surface area (Å²) < 4.78 is 18.3. The van der Waals surface area contributed by atoms with Gasteiger partial charge in [-0.2, -0.15) is 0 Å². The van der Waals surface area contributed by atoms with Crippen LogP contribution in [0.3, 0.4) is 0 Å². The van der Waals surface area contributed by atoms with Gasteiger partial charge in [0.15, 0.2) is 5.13 Å². The van der Waals surface area contributed by atoms with Crippen molar-refractivity contribution in [1.82, 2.24) is 9.88 Å². The Morgan fingerprint density at radius 2 is 2.36 bits per heavy atom. The number of carbonyl (C=O) groups is 1. The molecular formula is C20H27N3O4S. The molecule has 2 fully saturated rings. The van der Waals surface area contributed by atoms with E-state index >= 15 is 0 Å².